The first-order chi connectivity index (χ1) is 12.3. The largest absolute Gasteiger partial charge is 0.355 e. The van der Waals surface area contributed by atoms with E-state index in [4.69, 9.17) is 0 Å². The van der Waals surface area contributed by atoms with Crippen LogP contribution in [0.15, 0.2) is 38.8 Å². The fourth-order valence-electron chi connectivity index (χ4n) is 2.39. The number of aryl methyl sites for hydroxylation is 1. The first kappa shape index (κ1) is 24.3. The van der Waals surface area contributed by atoms with E-state index in [2.05, 4.69) is 41.6 Å². The van der Waals surface area contributed by atoms with Gasteiger partial charge in [0.1, 0.15) is 4.21 Å². The van der Waals surface area contributed by atoms with E-state index in [0.717, 1.165) is 6.42 Å². The second-order valence-electron chi connectivity index (χ2n) is 6.02. The predicted octanol–water partition coefficient (Wildman–Crippen LogP) is 3.15. The van der Waals surface area contributed by atoms with E-state index in [-0.39, 0.29) is 30.0 Å². The number of halogens is 1. The zero-order valence-corrected chi connectivity index (χ0v) is 20.7. The lowest BCUT2D eigenvalue weighted by Gasteiger charge is -2.20. The molecule has 0 aliphatic carbocycles. The first-order valence-corrected chi connectivity index (χ1v) is 11.5. The Hall–Kier alpha value is -0.690. The summed E-state index contributed by atoms with van der Waals surface area (Å²) in [4.78, 5) is 6.86. The summed E-state index contributed by atoms with van der Waals surface area (Å²) in [5.41, 5.74) is 0. The quantitative estimate of drug-likeness (QED) is 0.306. The zero-order chi connectivity index (χ0) is 19.2. The minimum absolute atomic E-state index is 0. The predicted molar refractivity (Wildman–Crippen MR) is 126 cm³/mol. The van der Waals surface area contributed by atoms with Crippen molar-refractivity contribution in [2.24, 2.45) is 4.99 Å². The lowest BCUT2D eigenvalue weighted by molar-refractivity contribution is 0.471. The van der Waals surface area contributed by atoms with Crippen molar-refractivity contribution in [3.8, 4) is 0 Å². The van der Waals surface area contributed by atoms with Gasteiger partial charge in [0, 0.05) is 49.4 Å². The molecule has 0 saturated carbocycles. The van der Waals surface area contributed by atoms with E-state index in [1.54, 1.807) is 42.9 Å². The van der Waals surface area contributed by atoms with Crippen LogP contribution in [0.25, 0.3) is 0 Å². The van der Waals surface area contributed by atoms with Gasteiger partial charge >= 0.3 is 0 Å². The molecule has 0 radical (unpaired) electrons. The Morgan fingerprint density at radius 2 is 2.07 bits per heavy atom. The molecule has 6 nitrogen and oxygen atoms in total. The van der Waals surface area contributed by atoms with Crippen LogP contribution in [-0.4, -0.2) is 51.9 Å². The summed E-state index contributed by atoms with van der Waals surface area (Å²) >= 11 is 3.03. The highest BCUT2D eigenvalue weighted by Gasteiger charge is 2.21. The molecule has 1 unspecified atom stereocenters. The maximum Gasteiger partial charge on any atom is 0.252 e. The third kappa shape index (κ3) is 7.33. The van der Waals surface area contributed by atoms with Gasteiger partial charge in [-0.3, -0.25) is 4.99 Å². The van der Waals surface area contributed by atoms with Crippen LogP contribution < -0.4 is 10.6 Å². The summed E-state index contributed by atoms with van der Waals surface area (Å²) in [6.45, 7) is 5.05. The smallest absolute Gasteiger partial charge is 0.252 e. The molecule has 2 N–H and O–H groups in total. The molecule has 0 fully saturated rings. The maximum atomic E-state index is 12.4. The molecule has 0 aromatic carbocycles. The Bertz CT molecular complexity index is 819. The summed E-state index contributed by atoms with van der Waals surface area (Å²) in [6.07, 6.45) is 0.922. The highest BCUT2D eigenvalue weighted by molar-refractivity contribution is 14.0. The van der Waals surface area contributed by atoms with Crippen molar-refractivity contribution in [1.82, 2.24) is 14.9 Å². The first-order valence-electron chi connectivity index (χ1n) is 8.35. The lowest BCUT2D eigenvalue weighted by atomic mass is 10.2. The van der Waals surface area contributed by atoms with Gasteiger partial charge in [-0.1, -0.05) is 6.07 Å². The van der Waals surface area contributed by atoms with Crippen LogP contribution in [0.3, 0.4) is 0 Å². The van der Waals surface area contributed by atoms with Crippen molar-refractivity contribution in [3.63, 3.8) is 0 Å². The standard InChI is InChI=1S/C17H26N4O2S3.HI/c1-13(12-15-8-7-14(2)25-15)20-17(18-3)19-9-10-21(4)26(22,23)16-6-5-11-24-16;/h5-8,11,13H,9-10,12H2,1-4H3,(H2,18,19,20);1H. The molecule has 10 heteroatoms. The van der Waals surface area contributed by atoms with Crippen LogP contribution in [0.1, 0.15) is 16.7 Å². The average molecular weight is 543 g/mol. The van der Waals surface area contributed by atoms with E-state index in [0.29, 0.717) is 23.3 Å². The van der Waals surface area contributed by atoms with Gasteiger partial charge in [0.05, 0.1) is 0 Å². The Morgan fingerprint density at radius 3 is 2.63 bits per heavy atom. The van der Waals surface area contributed by atoms with Crippen molar-refractivity contribution in [1.29, 1.82) is 0 Å². The van der Waals surface area contributed by atoms with Gasteiger partial charge in [-0.25, -0.2) is 8.42 Å². The van der Waals surface area contributed by atoms with Crippen LogP contribution in [-0.2, 0) is 16.4 Å². The molecule has 2 aromatic heterocycles. The molecule has 0 aliphatic rings. The van der Waals surface area contributed by atoms with Crippen molar-refractivity contribution in [3.05, 3.63) is 39.4 Å². The van der Waals surface area contributed by atoms with E-state index in [9.17, 15) is 8.42 Å². The SMILES string of the molecule is CN=C(NCCN(C)S(=O)(=O)c1cccs1)NC(C)Cc1ccc(C)s1.I. The molecule has 1 atom stereocenters. The van der Waals surface area contributed by atoms with E-state index in [1.807, 2.05) is 0 Å². The minimum atomic E-state index is -3.41. The third-order valence-corrected chi connectivity index (χ3v) is 8.04. The molecule has 0 amide bonds. The number of hydrogen-bond donors (Lipinski definition) is 2. The monoisotopic (exact) mass is 542 g/mol. The number of aliphatic imine (C=N–C) groups is 1. The van der Waals surface area contributed by atoms with Gasteiger partial charge in [0.25, 0.3) is 10.0 Å². The minimum Gasteiger partial charge on any atom is -0.355 e. The molecule has 0 aliphatic heterocycles. The fraction of sp³-hybridized carbons (Fsp3) is 0.471. The Balaban J connectivity index is 0.00000364. The van der Waals surface area contributed by atoms with Crippen LogP contribution in [0.5, 0.6) is 0 Å². The molecule has 2 heterocycles. The fourth-order valence-corrected chi connectivity index (χ4v) is 5.78. The van der Waals surface area contributed by atoms with Gasteiger partial charge in [0.2, 0.25) is 0 Å². The van der Waals surface area contributed by atoms with Crippen LogP contribution in [0.2, 0.25) is 0 Å². The number of nitrogens with one attached hydrogen (secondary N) is 2. The maximum absolute atomic E-state index is 12.4. The third-order valence-electron chi connectivity index (χ3n) is 3.79. The summed E-state index contributed by atoms with van der Waals surface area (Å²) in [7, 11) is -0.105. The van der Waals surface area contributed by atoms with E-state index in [1.165, 1.54) is 25.4 Å². The van der Waals surface area contributed by atoms with Gasteiger partial charge in [0.15, 0.2) is 5.96 Å². The van der Waals surface area contributed by atoms with Crippen molar-refractivity contribution >= 4 is 62.6 Å². The lowest BCUT2D eigenvalue weighted by Crippen LogP contribution is -2.45. The summed E-state index contributed by atoms with van der Waals surface area (Å²) in [5.74, 6) is 0.674. The normalized spacial score (nSPS) is 13.3. The van der Waals surface area contributed by atoms with Crippen LogP contribution in [0, 0.1) is 6.92 Å². The summed E-state index contributed by atoms with van der Waals surface area (Å²) in [6, 6.07) is 7.87. The number of hydrogen-bond acceptors (Lipinski definition) is 5. The molecular formula is C17H27IN4O2S3. The van der Waals surface area contributed by atoms with Crippen molar-refractivity contribution < 1.29 is 8.42 Å². The number of sulfonamides is 1. The molecule has 152 valence electrons. The topological polar surface area (TPSA) is 73.8 Å². The number of nitrogens with zero attached hydrogens (tertiary/aromatic N) is 2. The van der Waals surface area contributed by atoms with Crippen molar-refractivity contribution in [2.75, 3.05) is 27.2 Å². The molecular weight excluding hydrogens is 515 g/mol. The molecule has 27 heavy (non-hydrogen) atoms. The van der Waals surface area contributed by atoms with Crippen molar-refractivity contribution in [2.45, 2.75) is 30.5 Å². The molecule has 2 aromatic rings. The molecule has 0 saturated heterocycles. The molecule has 0 spiro atoms. The van der Waals surface area contributed by atoms with E-state index >= 15 is 0 Å². The highest BCUT2D eigenvalue weighted by atomic mass is 127. The molecule has 0 bridgehead atoms. The Morgan fingerprint density at radius 1 is 1.33 bits per heavy atom. The number of likely N-dealkylation sites (N-methyl/N-ethyl adjacent to an activating group) is 1. The summed E-state index contributed by atoms with van der Waals surface area (Å²) < 4.78 is 26.5. The van der Waals surface area contributed by atoms with Crippen LogP contribution in [0.4, 0.5) is 0 Å². The highest BCUT2D eigenvalue weighted by Crippen LogP contribution is 2.19. The van der Waals surface area contributed by atoms with E-state index < -0.39 is 10.0 Å². The zero-order valence-electron chi connectivity index (χ0n) is 15.9. The van der Waals surface area contributed by atoms with Gasteiger partial charge < -0.3 is 10.6 Å². The second-order valence-corrected chi connectivity index (χ2v) is 10.6. The van der Waals surface area contributed by atoms with Gasteiger partial charge in [-0.2, -0.15) is 4.31 Å². The number of guanidine groups is 1. The van der Waals surface area contributed by atoms with Gasteiger partial charge in [-0.15, -0.1) is 46.7 Å². The Kier molecular flexibility index (Phi) is 10.2. The number of thiophene rings is 2. The summed E-state index contributed by atoms with van der Waals surface area (Å²) in [5, 5.41) is 8.29. The average Bonchev–Trinajstić information content (AvgIpc) is 3.25. The van der Waals surface area contributed by atoms with Gasteiger partial charge in [-0.05, 0) is 37.4 Å². The van der Waals surface area contributed by atoms with Crippen LogP contribution >= 0.6 is 46.7 Å². The Labute approximate surface area is 187 Å². The number of rotatable bonds is 8. The second kappa shape index (κ2) is 11.3. The molecule has 2 rings (SSSR count).